The number of hydrogen-bond donors (Lipinski definition) is 1. The Morgan fingerprint density at radius 2 is 2.05 bits per heavy atom. The fourth-order valence-corrected chi connectivity index (χ4v) is 4.79. The molecule has 1 aromatic heterocycles. The average Bonchev–Trinajstić information content (AvgIpc) is 2.83. The normalized spacial score (nSPS) is 20.7. The van der Waals surface area contributed by atoms with Gasteiger partial charge in [-0.05, 0) is 61.2 Å². The minimum atomic E-state index is 0.357. The summed E-state index contributed by atoms with van der Waals surface area (Å²) in [6.07, 6.45) is 6.80. The highest BCUT2D eigenvalue weighted by atomic mass is 79.9. The minimum absolute atomic E-state index is 0.357. The summed E-state index contributed by atoms with van der Waals surface area (Å²) >= 11 is 5.46. The molecule has 0 amide bonds. The molecular weight excluding hydrogens is 320 g/mol. The summed E-state index contributed by atoms with van der Waals surface area (Å²) in [5.74, 6) is 0. The van der Waals surface area contributed by atoms with Gasteiger partial charge in [-0.15, -0.1) is 11.3 Å². The number of hydrogen-bond acceptors (Lipinski definition) is 3. The van der Waals surface area contributed by atoms with Crippen LogP contribution in [0.1, 0.15) is 49.9 Å². The lowest BCUT2D eigenvalue weighted by atomic mass is 9.80. The first-order chi connectivity index (χ1) is 9.05. The Hall–Kier alpha value is 0.100. The molecule has 1 aromatic rings. The third-order valence-corrected chi connectivity index (χ3v) is 6.56. The van der Waals surface area contributed by atoms with Crippen LogP contribution in [0.25, 0.3) is 0 Å². The molecule has 2 nitrogen and oxygen atoms in total. The van der Waals surface area contributed by atoms with Gasteiger partial charge in [-0.25, -0.2) is 0 Å². The standard InChI is InChI=1S/C15H25BrN2S/c1-12(14-13(16)7-10-19-14)17-11-15(18(2)3)8-5-4-6-9-15/h7,10,12,17H,4-6,8-9,11H2,1-3H3. The van der Waals surface area contributed by atoms with Crippen molar-refractivity contribution >= 4 is 27.3 Å². The molecular formula is C15H25BrN2S. The van der Waals surface area contributed by atoms with Gasteiger partial charge in [0.2, 0.25) is 0 Å². The Kier molecular flexibility index (Phi) is 5.46. The molecule has 0 bridgehead atoms. The summed E-state index contributed by atoms with van der Waals surface area (Å²) < 4.78 is 1.24. The van der Waals surface area contributed by atoms with Crippen molar-refractivity contribution in [2.75, 3.05) is 20.6 Å². The van der Waals surface area contributed by atoms with Crippen molar-refractivity contribution < 1.29 is 0 Å². The monoisotopic (exact) mass is 344 g/mol. The van der Waals surface area contributed by atoms with Crippen molar-refractivity contribution in [3.8, 4) is 0 Å². The number of halogens is 1. The minimum Gasteiger partial charge on any atom is -0.308 e. The van der Waals surface area contributed by atoms with Crippen LogP contribution in [0.4, 0.5) is 0 Å². The maximum Gasteiger partial charge on any atom is 0.0398 e. The van der Waals surface area contributed by atoms with E-state index in [-0.39, 0.29) is 0 Å². The first-order valence-corrected chi connectivity index (χ1v) is 8.86. The van der Waals surface area contributed by atoms with Gasteiger partial charge in [-0.3, -0.25) is 0 Å². The van der Waals surface area contributed by atoms with E-state index in [1.165, 1.54) is 41.5 Å². The summed E-state index contributed by atoms with van der Waals surface area (Å²) in [5.41, 5.74) is 0.357. The van der Waals surface area contributed by atoms with Crippen LogP contribution >= 0.6 is 27.3 Å². The predicted molar refractivity (Wildman–Crippen MR) is 87.9 cm³/mol. The van der Waals surface area contributed by atoms with Gasteiger partial charge >= 0.3 is 0 Å². The van der Waals surface area contributed by atoms with Gasteiger partial charge in [0.25, 0.3) is 0 Å². The molecule has 1 atom stereocenters. The number of likely N-dealkylation sites (N-methyl/N-ethyl adjacent to an activating group) is 1. The van der Waals surface area contributed by atoms with Gasteiger partial charge in [0.15, 0.2) is 0 Å². The van der Waals surface area contributed by atoms with E-state index in [1.807, 2.05) is 11.3 Å². The van der Waals surface area contributed by atoms with Crippen molar-refractivity contribution in [3.63, 3.8) is 0 Å². The molecule has 1 saturated carbocycles. The molecule has 0 spiro atoms. The largest absolute Gasteiger partial charge is 0.308 e. The molecule has 1 unspecified atom stereocenters. The Morgan fingerprint density at radius 1 is 1.37 bits per heavy atom. The van der Waals surface area contributed by atoms with Crippen molar-refractivity contribution in [2.24, 2.45) is 0 Å². The van der Waals surface area contributed by atoms with Crippen LogP contribution in [0.2, 0.25) is 0 Å². The van der Waals surface area contributed by atoms with E-state index >= 15 is 0 Å². The second-order valence-corrected chi connectivity index (χ2v) is 7.72. The van der Waals surface area contributed by atoms with E-state index in [1.54, 1.807) is 0 Å². The smallest absolute Gasteiger partial charge is 0.0398 e. The maximum atomic E-state index is 3.76. The van der Waals surface area contributed by atoms with E-state index in [4.69, 9.17) is 0 Å². The Labute approximate surface area is 129 Å². The number of thiophene rings is 1. The van der Waals surface area contributed by atoms with Crippen molar-refractivity contribution in [1.29, 1.82) is 0 Å². The molecule has 1 fully saturated rings. The second kappa shape index (κ2) is 6.70. The zero-order valence-electron chi connectivity index (χ0n) is 12.2. The molecule has 0 radical (unpaired) electrons. The molecule has 2 rings (SSSR count). The van der Waals surface area contributed by atoms with Crippen LogP contribution in [0.3, 0.4) is 0 Å². The lowest BCUT2D eigenvalue weighted by Crippen LogP contribution is -2.53. The van der Waals surface area contributed by atoms with E-state index in [0.717, 1.165) is 6.54 Å². The van der Waals surface area contributed by atoms with Crippen LogP contribution in [0, 0.1) is 0 Å². The second-order valence-electron chi connectivity index (χ2n) is 5.91. The van der Waals surface area contributed by atoms with Gasteiger partial charge in [0.1, 0.15) is 0 Å². The first-order valence-electron chi connectivity index (χ1n) is 7.19. The molecule has 1 aliphatic carbocycles. The summed E-state index contributed by atoms with van der Waals surface area (Å²) in [4.78, 5) is 3.85. The quantitative estimate of drug-likeness (QED) is 0.850. The fraction of sp³-hybridized carbons (Fsp3) is 0.733. The highest BCUT2D eigenvalue weighted by molar-refractivity contribution is 9.10. The van der Waals surface area contributed by atoms with Crippen LogP contribution in [0.5, 0.6) is 0 Å². The lowest BCUT2D eigenvalue weighted by Gasteiger charge is -2.44. The SMILES string of the molecule is CC(NCC1(N(C)C)CCCCC1)c1sccc1Br. The number of nitrogens with zero attached hydrogens (tertiary/aromatic N) is 1. The zero-order chi connectivity index (χ0) is 13.9. The van der Waals surface area contributed by atoms with E-state index in [9.17, 15) is 0 Å². The Balaban J connectivity index is 1.97. The third kappa shape index (κ3) is 3.60. The van der Waals surface area contributed by atoms with Crippen molar-refractivity contribution in [1.82, 2.24) is 10.2 Å². The molecule has 0 saturated heterocycles. The molecule has 1 aliphatic rings. The van der Waals surface area contributed by atoms with E-state index in [2.05, 4.69) is 58.6 Å². The number of nitrogens with one attached hydrogen (secondary N) is 1. The van der Waals surface area contributed by atoms with Gasteiger partial charge in [-0.2, -0.15) is 0 Å². The van der Waals surface area contributed by atoms with Crippen LogP contribution in [0.15, 0.2) is 15.9 Å². The highest BCUT2D eigenvalue weighted by Crippen LogP contribution is 2.33. The molecule has 4 heteroatoms. The average molecular weight is 345 g/mol. The molecule has 19 heavy (non-hydrogen) atoms. The molecule has 0 aliphatic heterocycles. The predicted octanol–water partition coefficient (Wildman–Crippen LogP) is 4.43. The Bertz CT molecular complexity index is 397. The zero-order valence-corrected chi connectivity index (χ0v) is 14.6. The van der Waals surface area contributed by atoms with Crippen LogP contribution in [-0.4, -0.2) is 31.1 Å². The van der Waals surface area contributed by atoms with Gasteiger partial charge in [-0.1, -0.05) is 19.3 Å². The topological polar surface area (TPSA) is 15.3 Å². The molecule has 1 heterocycles. The van der Waals surface area contributed by atoms with E-state index < -0.39 is 0 Å². The van der Waals surface area contributed by atoms with E-state index in [0.29, 0.717) is 11.6 Å². The van der Waals surface area contributed by atoms with Crippen LogP contribution in [-0.2, 0) is 0 Å². The van der Waals surface area contributed by atoms with Crippen molar-refractivity contribution in [2.45, 2.75) is 50.6 Å². The van der Waals surface area contributed by atoms with Crippen LogP contribution < -0.4 is 5.32 Å². The van der Waals surface area contributed by atoms with Gasteiger partial charge in [0, 0.05) is 27.5 Å². The summed E-state index contributed by atoms with van der Waals surface area (Å²) in [5, 5.41) is 5.91. The Morgan fingerprint density at radius 3 is 2.58 bits per heavy atom. The molecule has 0 aromatic carbocycles. The molecule has 108 valence electrons. The number of rotatable bonds is 5. The maximum absolute atomic E-state index is 3.76. The summed E-state index contributed by atoms with van der Waals surface area (Å²) in [6, 6.07) is 2.56. The van der Waals surface area contributed by atoms with Crippen molar-refractivity contribution in [3.05, 3.63) is 20.8 Å². The highest BCUT2D eigenvalue weighted by Gasteiger charge is 2.34. The van der Waals surface area contributed by atoms with Gasteiger partial charge in [0.05, 0.1) is 0 Å². The summed E-state index contributed by atoms with van der Waals surface area (Å²) in [6.45, 7) is 3.36. The van der Waals surface area contributed by atoms with Gasteiger partial charge < -0.3 is 10.2 Å². The fourth-order valence-electron chi connectivity index (χ4n) is 3.04. The molecule has 1 N–H and O–H groups in total. The summed E-state index contributed by atoms with van der Waals surface area (Å²) in [7, 11) is 4.47. The first kappa shape index (κ1) is 15.5. The third-order valence-electron chi connectivity index (χ3n) is 4.51. The lowest BCUT2D eigenvalue weighted by molar-refractivity contribution is 0.0959.